The first-order chi connectivity index (χ1) is 12.0. The third kappa shape index (κ3) is 3.35. The highest BCUT2D eigenvalue weighted by Gasteiger charge is 2.11. The summed E-state index contributed by atoms with van der Waals surface area (Å²) in [5, 5.41) is 0.527. The van der Waals surface area contributed by atoms with E-state index in [0.29, 0.717) is 28.0 Å². The normalized spacial score (nSPS) is 11.5. The number of primary amides is 2. The molecule has 0 saturated heterocycles. The van der Waals surface area contributed by atoms with Crippen molar-refractivity contribution in [3.63, 3.8) is 0 Å². The first kappa shape index (κ1) is 16.3. The van der Waals surface area contributed by atoms with Crippen LogP contribution in [-0.2, 0) is 0 Å². The van der Waals surface area contributed by atoms with Crippen LogP contribution in [0.1, 0.15) is 20.7 Å². The summed E-state index contributed by atoms with van der Waals surface area (Å²) in [5.74, 6) is -0.583. The van der Waals surface area contributed by atoms with Gasteiger partial charge in [0.15, 0.2) is 0 Å². The Labute approximate surface area is 142 Å². The number of hydrogen-bond acceptors (Lipinski definition) is 5. The summed E-state index contributed by atoms with van der Waals surface area (Å²) >= 11 is 0. The summed E-state index contributed by atoms with van der Waals surface area (Å²) in [4.78, 5) is 27.4. The van der Waals surface area contributed by atoms with E-state index in [1.54, 1.807) is 37.4 Å². The van der Waals surface area contributed by atoms with Crippen molar-refractivity contribution in [2.45, 2.75) is 0 Å². The highest BCUT2D eigenvalue weighted by molar-refractivity contribution is 5.99. The Morgan fingerprint density at radius 2 is 1.72 bits per heavy atom. The molecule has 0 saturated carbocycles. The molecule has 0 unspecified atom stereocenters. The van der Waals surface area contributed by atoms with Crippen molar-refractivity contribution in [3.8, 4) is 5.75 Å². The molecule has 1 heterocycles. The zero-order chi connectivity index (χ0) is 18.0. The number of methoxy groups -OCH3 is 1. The summed E-state index contributed by atoms with van der Waals surface area (Å²) in [7, 11) is 1.57. The first-order valence-electron chi connectivity index (χ1n) is 7.34. The van der Waals surface area contributed by atoms with Gasteiger partial charge in [0.2, 0.25) is 11.5 Å². The summed E-state index contributed by atoms with van der Waals surface area (Å²) in [6.45, 7) is 0. The Balaban J connectivity index is 2.20. The third-order valence-electron chi connectivity index (χ3n) is 3.60. The number of benzene rings is 2. The molecule has 2 aromatic carbocycles. The van der Waals surface area contributed by atoms with Gasteiger partial charge in [-0.15, -0.1) is 0 Å². The lowest BCUT2D eigenvalue weighted by Gasteiger charge is -2.04. The summed E-state index contributed by atoms with van der Waals surface area (Å²) in [6, 6.07) is 13.1. The lowest BCUT2D eigenvalue weighted by Crippen LogP contribution is -2.21. The van der Waals surface area contributed by atoms with Crippen LogP contribution in [0.2, 0.25) is 0 Å². The fourth-order valence-electron chi connectivity index (χ4n) is 2.32. The number of fused-ring (bicyclic) bond motifs is 1. The molecule has 7 nitrogen and oxygen atoms in total. The molecule has 0 spiro atoms. The van der Waals surface area contributed by atoms with Crippen LogP contribution < -0.4 is 21.8 Å². The summed E-state index contributed by atoms with van der Waals surface area (Å²) < 4.78 is 10.8. The second kappa shape index (κ2) is 6.48. The van der Waals surface area contributed by atoms with Crippen LogP contribution in [0.3, 0.4) is 0 Å². The van der Waals surface area contributed by atoms with Gasteiger partial charge in [0.1, 0.15) is 16.9 Å². The minimum absolute atomic E-state index is 0.0805. The second-order valence-electron chi connectivity index (χ2n) is 5.26. The SMILES string of the molecule is COc1ccc(N=c2oc3ccc(C(N)=O)cc3cc2C(N)=O)cc1. The number of nitrogens with two attached hydrogens (primary N) is 2. The largest absolute Gasteiger partial charge is 0.497 e. The first-order valence-corrected chi connectivity index (χ1v) is 7.34. The van der Waals surface area contributed by atoms with Crippen LogP contribution >= 0.6 is 0 Å². The average Bonchev–Trinajstić information content (AvgIpc) is 2.61. The van der Waals surface area contributed by atoms with E-state index in [0.717, 1.165) is 0 Å². The number of carbonyl (C=O) groups excluding carboxylic acids is 2. The Kier molecular flexibility index (Phi) is 4.21. The van der Waals surface area contributed by atoms with Crippen molar-refractivity contribution in [2.75, 3.05) is 7.11 Å². The molecule has 126 valence electrons. The summed E-state index contributed by atoms with van der Waals surface area (Å²) in [5.41, 5.74) is 12.2. The molecule has 0 fully saturated rings. The number of nitrogens with zero attached hydrogens (tertiary/aromatic N) is 1. The molecule has 4 N–H and O–H groups in total. The van der Waals surface area contributed by atoms with Gasteiger partial charge in [-0.2, -0.15) is 0 Å². The van der Waals surface area contributed by atoms with Gasteiger partial charge < -0.3 is 20.6 Å². The fraction of sp³-hybridized carbons (Fsp3) is 0.0556. The molecule has 0 atom stereocenters. The van der Waals surface area contributed by atoms with Gasteiger partial charge in [0, 0.05) is 10.9 Å². The molecule has 0 aliphatic heterocycles. The second-order valence-corrected chi connectivity index (χ2v) is 5.26. The topological polar surface area (TPSA) is 121 Å². The van der Waals surface area contributed by atoms with Gasteiger partial charge in [-0.25, -0.2) is 4.99 Å². The lowest BCUT2D eigenvalue weighted by atomic mass is 10.1. The van der Waals surface area contributed by atoms with Gasteiger partial charge in [-0.05, 0) is 48.5 Å². The van der Waals surface area contributed by atoms with Crippen molar-refractivity contribution < 1.29 is 18.7 Å². The van der Waals surface area contributed by atoms with Crippen LogP contribution in [-0.4, -0.2) is 18.9 Å². The number of amides is 2. The van der Waals surface area contributed by atoms with Crippen molar-refractivity contribution in [1.82, 2.24) is 0 Å². The van der Waals surface area contributed by atoms with Gasteiger partial charge in [-0.3, -0.25) is 9.59 Å². The molecule has 2 amide bonds. The van der Waals surface area contributed by atoms with Crippen LogP contribution in [0.25, 0.3) is 11.0 Å². The van der Waals surface area contributed by atoms with E-state index < -0.39 is 11.8 Å². The van der Waals surface area contributed by atoms with Gasteiger partial charge in [0.25, 0.3) is 5.91 Å². The van der Waals surface area contributed by atoms with Crippen molar-refractivity contribution in [3.05, 3.63) is 65.2 Å². The third-order valence-corrected chi connectivity index (χ3v) is 3.60. The minimum atomic E-state index is -0.692. The maximum absolute atomic E-state index is 11.8. The Morgan fingerprint density at radius 3 is 2.32 bits per heavy atom. The van der Waals surface area contributed by atoms with E-state index in [1.165, 1.54) is 18.2 Å². The van der Waals surface area contributed by atoms with Crippen molar-refractivity contribution in [1.29, 1.82) is 0 Å². The molecular formula is C18H15N3O4. The van der Waals surface area contributed by atoms with Crippen LogP contribution in [0.15, 0.2) is 57.9 Å². The highest BCUT2D eigenvalue weighted by Crippen LogP contribution is 2.19. The molecule has 0 aliphatic carbocycles. The fourth-order valence-corrected chi connectivity index (χ4v) is 2.32. The van der Waals surface area contributed by atoms with Crippen LogP contribution in [0.5, 0.6) is 5.75 Å². The molecular weight excluding hydrogens is 322 g/mol. The minimum Gasteiger partial charge on any atom is -0.497 e. The van der Waals surface area contributed by atoms with Gasteiger partial charge in [0.05, 0.1) is 12.8 Å². The molecule has 0 aliphatic rings. The summed E-state index contributed by atoms with van der Waals surface area (Å²) in [6.07, 6.45) is 0. The van der Waals surface area contributed by atoms with E-state index in [1.807, 2.05) is 0 Å². The molecule has 25 heavy (non-hydrogen) atoms. The van der Waals surface area contributed by atoms with E-state index in [9.17, 15) is 9.59 Å². The lowest BCUT2D eigenvalue weighted by molar-refractivity contribution is 0.0990. The maximum atomic E-state index is 11.8. The van der Waals surface area contributed by atoms with E-state index in [4.69, 9.17) is 20.6 Å². The predicted molar refractivity (Wildman–Crippen MR) is 91.5 cm³/mol. The molecule has 1 aromatic heterocycles. The standard InChI is InChI=1S/C18H15N3O4/c1-24-13-5-3-12(4-6-13)21-18-14(17(20)23)9-11-8-10(16(19)22)2-7-15(11)25-18/h2-9H,1H3,(H2,19,22)(H2,20,23). The average molecular weight is 337 g/mol. The molecule has 3 rings (SSSR count). The highest BCUT2D eigenvalue weighted by atomic mass is 16.5. The smallest absolute Gasteiger partial charge is 0.254 e. The molecule has 7 heteroatoms. The molecule has 3 aromatic rings. The van der Waals surface area contributed by atoms with Crippen molar-refractivity contribution in [2.24, 2.45) is 16.5 Å². The quantitative estimate of drug-likeness (QED) is 0.754. The zero-order valence-corrected chi connectivity index (χ0v) is 13.4. The van der Waals surface area contributed by atoms with Crippen LogP contribution in [0, 0.1) is 0 Å². The monoisotopic (exact) mass is 337 g/mol. The number of hydrogen-bond donors (Lipinski definition) is 2. The Hall–Kier alpha value is -3.61. The Morgan fingerprint density at radius 1 is 1.00 bits per heavy atom. The molecule has 0 radical (unpaired) electrons. The zero-order valence-electron chi connectivity index (χ0n) is 13.4. The van der Waals surface area contributed by atoms with E-state index in [-0.39, 0.29) is 11.1 Å². The van der Waals surface area contributed by atoms with Gasteiger partial charge in [-0.1, -0.05) is 0 Å². The molecule has 0 bridgehead atoms. The van der Waals surface area contributed by atoms with Crippen molar-refractivity contribution >= 4 is 28.5 Å². The van der Waals surface area contributed by atoms with E-state index >= 15 is 0 Å². The Bertz CT molecular complexity index is 1040. The number of rotatable bonds is 4. The number of ether oxygens (including phenoxy) is 1. The van der Waals surface area contributed by atoms with Gasteiger partial charge >= 0.3 is 0 Å². The van der Waals surface area contributed by atoms with E-state index in [2.05, 4.69) is 4.99 Å². The van der Waals surface area contributed by atoms with Crippen LogP contribution in [0.4, 0.5) is 5.69 Å². The number of carbonyl (C=O) groups is 2. The predicted octanol–water partition coefficient (Wildman–Crippen LogP) is 1.87. The maximum Gasteiger partial charge on any atom is 0.254 e.